The SMILES string of the molecule is CCCCc1ccc(C)c(C)c1.CCCNC. The first-order chi connectivity index (χ1) is 8.15. The van der Waals surface area contributed by atoms with Gasteiger partial charge < -0.3 is 5.32 Å². The minimum atomic E-state index is 1.14. The summed E-state index contributed by atoms with van der Waals surface area (Å²) >= 11 is 0. The molecule has 0 radical (unpaired) electrons. The van der Waals surface area contributed by atoms with Crippen molar-refractivity contribution in [3.05, 3.63) is 34.9 Å². The van der Waals surface area contributed by atoms with Crippen LogP contribution in [0.25, 0.3) is 0 Å². The average molecular weight is 235 g/mol. The number of hydrogen-bond acceptors (Lipinski definition) is 1. The molecule has 0 aliphatic heterocycles. The van der Waals surface area contributed by atoms with Crippen LogP contribution in [0.3, 0.4) is 0 Å². The van der Waals surface area contributed by atoms with E-state index in [9.17, 15) is 0 Å². The maximum atomic E-state index is 3.02. The van der Waals surface area contributed by atoms with E-state index in [4.69, 9.17) is 0 Å². The highest BCUT2D eigenvalue weighted by atomic mass is 14.8. The van der Waals surface area contributed by atoms with Crippen molar-refractivity contribution >= 4 is 0 Å². The quantitative estimate of drug-likeness (QED) is 0.804. The number of hydrogen-bond donors (Lipinski definition) is 1. The fraction of sp³-hybridized carbons (Fsp3) is 0.625. The first kappa shape index (κ1) is 16.2. The lowest BCUT2D eigenvalue weighted by Crippen LogP contribution is -2.04. The molecule has 1 aromatic carbocycles. The second-order valence-electron chi connectivity index (χ2n) is 4.63. The van der Waals surface area contributed by atoms with Crippen LogP contribution in [0.1, 0.15) is 49.8 Å². The molecular formula is C16H29N. The van der Waals surface area contributed by atoms with E-state index < -0.39 is 0 Å². The molecule has 0 fully saturated rings. The molecule has 1 aromatic rings. The third-order valence-electron chi connectivity index (χ3n) is 2.89. The maximum Gasteiger partial charge on any atom is -0.00546 e. The second-order valence-corrected chi connectivity index (χ2v) is 4.63. The van der Waals surface area contributed by atoms with Gasteiger partial charge in [0.1, 0.15) is 0 Å². The Morgan fingerprint density at radius 2 is 1.71 bits per heavy atom. The topological polar surface area (TPSA) is 12.0 Å². The third-order valence-corrected chi connectivity index (χ3v) is 2.89. The van der Waals surface area contributed by atoms with Gasteiger partial charge in [-0.15, -0.1) is 0 Å². The molecule has 17 heavy (non-hydrogen) atoms. The van der Waals surface area contributed by atoms with Crippen molar-refractivity contribution < 1.29 is 0 Å². The molecule has 0 bridgehead atoms. The van der Waals surface area contributed by atoms with Gasteiger partial charge in [0.25, 0.3) is 0 Å². The Bertz CT molecular complexity index is 290. The molecule has 0 aromatic heterocycles. The van der Waals surface area contributed by atoms with Crippen LogP contribution in [-0.4, -0.2) is 13.6 Å². The zero-order valence-corrected chi connectivity index (χ0v) is 12.3. The molecule has 1 N–H and O–H groups in total. The maximum absolute atomic E-state index is 3.02. The van der Waals surface area contributed by atoms with Crippen LogP contribution >= 0.6 is 0 Å². The summed E-state index contributed by atoms with van der Waals surface area (Å²) < 4.78 is 0. The Hall–Kier alpha value is -0.820. The van der Waals surface area contributed by atoms with E-state index in [1.807, 2.05) is 7.05 Å². The van der Waals surface area contributed by atoms with Crippen LogP contribution < -0.4 is 5.32 Å². The van der Waals surface area contributed by atoms with E-state index in [2.05, 4.69) is 51.2 Å². The molecule has 0 atom stereocenters. The van der Waals surface area contributed by atoms with Gasteiger partial charge in [0.05, 0.1) is 0 Å². The Balaban J connectivity index is 0.000000437. The zero-order valence-electron chi connectivity index (χ0n) is 12.3. The van der Waals surface area contributed by atoms with Crippen LogP contribution in [0.4, 0.5) is 0 Å². The van der Waals surface area contributed by atoms with Crippen LogP contribution in [0.15, 0.2) is 18.2 Å². The number of unbranched alkanes of at least 4 members (excludes halogenated alkanes) is 1. The van der Waals surface area contributed by atoms with Gasteiger partial charge >= 0.3 is 0 Å². The van der Waals surface area contributed by atoms with Gasteiger partial charge in [0, 0.05) is 0 Å². The first-order valence-corrected chi connectivity index (χ1v) is 6.86. The molecule has 0 heterocycles. The first-order valence-electron chi connectivity index (χ1n) is 6.86. The monoisotopic (exact) mass is 235 g/mol. The summed E-state index contributed by atoms with van der Waals surface area (Å²) in [6.07, 6.45) is 5.06. The Morgan fingerprint density at radius 1 is 1.00 bits per heavy atom. The van der Waals surface area contributed by atoms with Gasteiger partial charge in [-0.2, -0.15) is 0 Å². The van der Waals surface area contributed by atoms with Crippen molar-refractivity contribution in [3.8, 4) is 0 Å². The van der Waals surface area contributed by atoms with E-state index in [0.717, 1.165) is 6.54 Å². The van der Waals surface area contributed by atoms with Gasteiger partial charge in [0.2, 0.25) is 0 Å². The minimum Gasteiger partial charge on any atom is -0.320 e. The van der Waals surface area contributed by atoms with E-state index >= 15 is 0 Å². The average Bonchev–Trinajstić information content (AvgIpc) is 2.33. The van der Waals surface area contributed by atoms with E-state index in [-0.39, 0.29) is 0 Å². The molecule has 0 aliphatic carbocycles. The standard InChI is InChI=1S/C12H18.C4H11N/c1-4-5-6-12-8-7-10(2)11(3)9-12;1-3-4-5-2/h7-9H,4-6H2,1-3H3;5H,3-4H2,1-2H3. The molecule has 0 saturated carbocycles. The van der Waals surface area contributed by atoms with Crippen molar-refractivity contribution in [2.45, 2.75) is 53.4 Å². The molecule has 0 amide bonds. The van der Waals surface area contributed by atoms with Gasteiger partial charge in [-0.25, -0.2) is 0 Å². The van der Waals surface area contributed by atoms with Crippen molar-refractivity contribution in [2.75, 3.05) is 13.6 Å². The van der Waals surface area contributed by atoms with E-state index in [1.54, 1.807) is 0 Å². The van der Waals surface area contributed by atoms with E-state index in [0.29, 0.717) is 0 Å². The van der Waals surface area contributed by atoms with E-state index in [1.165, 1.54) is 42.4 Å². The number of aryl methyl sites for hydroxylation is 3. The fourth-order valence-electron chi connectivity index (χ4n) is 1.59. The highest BCUT2D eigenvalue weighted by Gasteiger charge is 1.95. The molecule has 98 valence electrons. The highest BCUT2D eigenvalue weighted by Crippen LogP contribution is 2.11. The largest absolute Gasteiger partial charge is 0.320 e. The van der Waals surface area contributed by atoms with Gasteiger partial charge in [-0.1, -0.05) is 38.5 Å². The summed E-state index contributed by atoms with van der Waals surface area (Å²) in [6.45, 7) is 9.88. The van der Waals surface area contributed by atoms with Gasteiger partial charge in [-0.05, 0) is 63.4 Å². The summed E-state index contributed by atoms with van der Waals surface area (Å²) in [7, 11) is 1.96. The Morgan fingerprint density at radius 3 is 2.12 bits per heavy atom. The Labute approximate surface area is 108 Å². The molecule has 0 aliphatic rings. The molecule has 1 nitrogen and oxygen atoms in total. The van der Waals surface area contributed by atoms with Crippen LogP contribution in [0, 0.1) is 13.8 Å². The summed E-state index contributed by atoms with van der Waals surface area (Å²) in [4.78, 5) is 0. The zero-order chi connectivity index (χ0) is 13.1. The number of benzene rings is 1. The normalized spacial score (nSPS) is 9.71. The summed E-state index contributed by atoms with van der Waals surface area (Å²) in [6, 6.07) is 6.78. The molecule has 1 heteroatoms. The van der Waals surface area contributed by atoms with Crippen LogP contribution in [0.5, 0.6) is 0 Å². The van der Waals surface area contributed by atoms with Crippen molar-refractivity contribution in [1.82, 2.24) is 5.32 Å². The highest BCUT2D eigenvalue weighted by molar-refractivity contribution is 5.29. The van der Waals surface area contributed by atoms with Crippen molar-refractivity contribution in [2.24, 2.45) is 0 Å². The summed E-state index contributed by atoms with van der Waals surface area (Å²) in [5.74, 6) is 0. The molecule has 1 rings (SSSR count). The van der Waals surface area contributed by atoms with Crippen LogP contribution in [-0.2, 0) is 6.42 Å². The van der Waals surface area contributed by atoms with Gasteiger partial charge in [-0.3, -0.25) is 0 Å². The lowest BCUT2D eigenvalue weighted by Gasteiger charge is -2.03. The number of nitrogens with one attached hydrogen (secondary N) is 1. The van der Waals surface area contributed by atoms with Gasteiger partial charge in [0.15, 0.2) is 0 Å². The van der Waals surface area contributed by atoms with Crippen molar-refractivity contribution in [3.63, 3.8) is 0 Å². The van der Waals surface area contributed by atoms with Crippen molar-refractivity contribution in [1.29, 1.82) is 0 Å². The smallest absolute Gasteiger partial charge is 0.00546 e. The Kier molecular flexibility index (Phi) is 9.84. The lowest BCUT2D eigenvalue weighted by atomic mass is 10.0. The lowest BCUT2D eigenvalue weighted by molar-refractivity contribution is 0.772. The minimum absolute atomic E-state index is 1.14. The predicted octanol–water partition coefficient (Wildman–Crippen LogP) is 4.26. The fourth-order valence-corrected chi connectivity index (χ4v) is 1.59. The van der Waals surface area contributed by atoms with Crippen LogP contribution in [0.2, 0.25) is 0 Å². The number of rotatable bonds is 5. The molecule has 0 unspecified atom stereocenters. The predicted molar refractivity (Wildman–Crippen MR) is 78.7 cm³/mol. The molecule has 0 spiro atoms. The third kappa shape index (κ3) is 7.98. The second kappa shape index (κ2) is 10.3. The summed E-state index contributed by atoms with van der Waals surface area (Å²) in [5, 5.41) is 3.02. The summed E-state index contributed by atoms with van der Waals surface area (Å²) in [5.41, 5.74) is 4.30. The molecule has 0 saturated heterocycles. The molecular weight excluding hydrogens is 206 g/mol.